The minimum atomic E-state index is -3.69. The van der Waals surface area contributed by atoms with Crippen LogP contribution in [0.4, 0.5) is 10.1 Å². The lowest BCUT2D eigenvalue weighted by molar-refractivity contribution is -0.114. The van der Waals surface area contributed by atoms with Crippen molar-refractivity contribution in [1.82, 2.24) is 4.72 Å². The lowest BCUT2D eigenvalue weighted by Gasteiger charge is -2.09. The molecule has 8 heteroatoms. The summed E-state index contributed by atoms with van der Waals surface area (Å²) in [6.45, 7) is 1.54. The minimum absolute atomic E-state index is 0.0950. The molecule has 0 aliphatic carbocycles. The Morgan fingerprint density at radius 3 is 2.19 bits per heavy atom. The second kappa shape index (κ2) is 9.63. The molecule has 6 nitrogen and oxygen atoms in total. The second-order valence-corrected chi connectivity index (χ2v) is 8.66. The first-order chi connectivity index (χ1) is 14.7. The molecule has 0 heterocycles. The van der Waals surface area contributed by atoms with Crippen molar-refractivity contribution in [1.29, 1.82) is 0 Å². The van der Waals surface area contributed by atoms with Gasteiger partial charge in [-0.05, 0) is 48.4 Å². The van der Waals surface area contributed by atoms with E-state index in [0.717, 1.165) is 5.56 Å². The van der Waals surface area contributed by atoms with Gasteiger partial charge in [0.15, 0.2) is 5.78 Å². The van der Waals surface area contributed by atoms with Crippen LogP contribution in [-0.2, 0) is 21.2 Å². The fraction of sp³-hybridized carbons (Fsp3) is 0.130. The van der Waals surface area contributed by atoms with Crippen molar-refractivity contribution in [3.63, 3.8) is 0 Å². The van der Waals surface area contributed by atoms with Crippen molar-refractivity contribution in [3.05, 3.63) is 95.3 Å². The normalized spacial score (nSPS) is 11.2. The standard InChI is InChI=1S/C23H21FN2O4S/c1-16(27)26-21-9-11-22(12-10-21)31(29,30)25-14-13-17-5-7-18(8-6-17)23(28)19-3-2-4-20(24)15-19/h2-12,15,25H,13-14H2,1H3,(H,26,27). The van der Waals surface area contributed by atoms with E-state index in [1.54, 1.807) is 30.3 Å². The molecule has 3 aromatic carbocycles. The van der Waals surface area contributed by atoms with Crippen LogP contribution in [-0.4, -0.2) is 26.7 Å². The first-order valence-electron chi connectivity index (χ1n) is 9.51. The fourth-order valence-corrected chi connectivity index (χ4v) is 3.98. The SMILES string of the molecule is CC(=O)Nc1ccc(S(=O)(=O)NCCc2ccc(C(=O)c3cccc(F)c3)cc2)cc1. The summed E-state index contributed by atoms with van der Waals surface area (Å²) in [7, 11) is -3.69. The Kier molecular flexibility index (Phi) is 6.94. The number of carbonyl (C=O) groups is 2. The first-order valence-corrected chi connectivity index (χ1v) is 11.0. The molecule has 2 N–H and O–H groups in total. The van der Waals surface area contributed by atoms with Gasteiger partial charge in [-0.15, -0.1) is 0 Å². The third-order valence-electron chi connectivity index (χ3n) is 4.49. The Hall–Kier alpha value is -3.36. The van der Waals surface area contributed by atoms with Crippen molar-refractivity contribution < 1.29 is 22.4 Å². The molecule has 0 radical (unpaired) electrons. The van der Waals surface area contributed by atoms with Crippen LogP contribution in [0.15, 0.2) is 77.7 Å². The van der Waals surface area contributed by atoms with Crippen molar-refractivity contribution in [2.24, 2.45) is 0 Å². The lowest BCUT2D eigenvalue weighted by Crippen LogP contribution is -2.26. The molecule has 0 saturated carbocycles. The van der Waals surface area contributed by atoms with E-state index in [1.165, 1.54) is 49.4 Å². The number of benzene rings is 3. The molecule has 1 amide bonds. The number of anilines is 1. The van der Waals surface area contributed by atoms with Gasteiger partial charge in [0, 0.05) is 30.3 Å². The summed E-state index contributed by atoms with van der Waals surface area (Å²) in [6, 6.07) is 18.1. The number of sulfonamides is 1. The van der Waals surface area contributed by atoms with Gasteiger partial charge >= 0.3 is 0 Å². The second-order valence-electron chi connectivity index (χ2n) is 6.89. The third-order valence-corrected chi connectivity index (χ3v) is 5.97. The predicted octanol–water partition coefficient (Wildman–Crippen LogP) is 3.54. The lowest BCUT2D eigenvalue weighted by atomic mass is 10.0. The summed E-state index contributed by atoms with van der Waals surface area (Å²) in [6.07, 6.45) is 0.428. The summed E-state index contributed by atoms with van der Waals surface area (Å²) in [5.41, 5.74) is 2.05. The highest BCUT2D eigenvalue weighted by Gasteiger charge is 2.14. The topological polar surface area (TPSA) is 92.3 Å². The number of ketones is 1. The molecule has 160 valence electrons. The van der Waals surface area contributed by atoms with Gasteiger partial charge in [-0.3, -0.25) is 9.59 Å². The maximum Gasteiger partial charge on any atom is 0.240 e. The summed E-state index contributed by atoms with van der Waals surface area (Å²) in [4.78, 5) is 23.5. The van der Waals surface area contributed by atoms with Crippen molar-refractivity contribution in [2.45, 2.75) is 18.2 Å². The molecule has 0 saturated heterocycles. The van der Waals surface area contributed by atoms with Gasteiger partial charge in [0.05, 0.1) is 4.90 Å². The van der Waals surface area contributed by atoms with E-state index >= 15 is 0 Å². The summed E-state index contributed by atoms with van der Waals surface area (Å²) < 4.78 is 40.7. The Bertz CT molecular complexity index is 1190. The smallest absolute Gasteiger partial charge is 0.240 e. The highest BCUT2D eigenvalue weighted by molar-refractivity contribution is 7.89. The third kappa shape index (κ3) is 6.07. The summed E-state index contributed by atoms with van der Waals surface area (Å²) in [5, 5.41) is 2.58. The Morgan fingerprint density at radius 2 is 1.58 bits per heavy atom. The van der Waals surface area contributed by atoms with Gasteiger partial charge in [0.2, 0.25) is 15.9 Å². The van der Waals surface area contributed by atoms with Crippen LogP contribution < -0.4 is 10.0 Å². The largest absolute Gasteiger partial charge is 0.326 e. The molecule has 31 heavy (non-hydrogen) atoms. The molecule has 3 aromatic rings. The van der Waals surface area contributed by atoms with Gasteiger partial charge in [-0.1, -0.05) is 36.4 Å². The maximum atomic E-state index is 13.3. The molecule has 0 bridgehead atoms. The van der Waals surface area contributed by atoms with Crippen LogP contribution in [0.1, 0.15) is 28.4 Å². The fourth-order valence-electron chi connectivity index (χ4n) is 2.95. The highest BCUT2D eigenvalue weighted by Crippen LogP contribution is 2.15. The highest BCUT2D eigenvalue weighted by atomic mass is 32.2. The van der Waals surface area contributed by atoms with Gasteiger partial charge in [-0.25, -0.2) is 17.5 Å². The van der Waals surface area contributed by atoms with E-state index in [0.29, 0.717) is 17.7 Å². The molecule has 0 unspecified atom stereocenters. The van der Waals surface area contributed by atoms with Crippen LogP contribution in [0.5, 0.6) is 0 Å². The van der Waals surface area contributed by atoms with Crippen LogP contribution in [0.2, 0.25) is 0 Å². The van der Waals surface area contributed by atoms with Crippen molar-refractivity contribution in [2.75, 3.05) is 11.9 Å². The number of nitrogens with one attached hydrogen (secondary N) is 2. The predicted molar refractivity (Wildman–Crippen MR) is 116 cm³/mol. The van der Waals surface area contributed by atoms with Gasteiger partial charge < -0.3 is 5.32 Å². The number of amides is 1. The zero-order valence-corrected chi connectivity index (χ0v) is 17.6. The molecule has 3 rings (SSSR count). The number of halogens is 1. The summed E-state index contributed by atoms with van der Waals surface area (Å²) >= 11 is 0. The summed E-state index contributed by atoms with van der Waals surface area (Å²) in [5.74, 6) is -0.994. The Labute approximate surface area is 180 Å². The molecule has 0 atom stereocenters. The molecule has 0 aliphatic rings. The zero-order valence-electron chi connectivity index (χ0n) is 16.8. The van der Waals surface area contributed by atoms with E-state index in [1.807, 2.05) is 0 Å². The first kappa shape index (κ1) is 22.3. The minimum Gasteiger partial charge on any atom is -0.326 e. The van der Waals surface area contributed by atoms with Crippen LogP contribution in [0.25, 0.3) is 0 Å². The molecule has 0 aromatic heterocycles. The van der Waals surface area contributed by atoms with Crippen molar-refractivity contribution in [3.8, 4) is 0 Å². The van der Waals surface area contributed by atoms with E-state index in [2.05, 4.69) is 10.0 Å². The molecular weight excluding hydrogens is 419 g/mol. The number of carbonyl (C=O) groups excluding carboxylic acids is 2. The number of rotatable bonds is 8. The monoisotopic (exact) mass is 440 g/mol. The van der Waals surface area contributed by atoms with Crippen LogP contribution in [0, 0.1) is 5.82 Å². The van der Waals surface area contributed by atoms with E-state index in [4.69, 9.17) is 0 Å². The Balaban J connectivity index is 1.57. The molecule has 0 spiro atoms. The van der Waals surface area contributed by atoms with Crippen LogP contribution >= 0.6 is 0 Å². The number of hydrogen-bond acceptors (Lipinski definition) is 4. The average molecular weight is 440 g/mol. The Morgan fingerprint density at radius 1 is 0.903 bits per heavy atom. The van der Waals surface area contributed by atoms with Gasteiger partial charge in [0.1, 0.15) is 5.82 Å². The van der Waals surface area contributed by atoms with Gasteiger partial charge in [0.25, 0.3) is 0 Å². The van der Waals surface area contributed by atoms with Crippen LogP contribution in [0.3, 0.4) is 0 Å². The van der Waals surface area contributed by atoms with E-state index in [9.17, 15) is 22.4 Å². The maximum absolute atomic E-state index is 13.3. The molecular formula is C23H21FN2O4S. The van der Waals surface area contributed by atoms with Gasteiger partial charge in [-0.2, -0.15) is 0 Å². The number of hydrogen-bond donors (Lipinski definition) is 2. The molecule has 0 aliphatic heterocycles. The van der Waals surface area contributed by atoms with Crippen molar-refractivity contribution >= 4 is 27.4 Å². The zero-order chi connectivity index (χ0) is 22.4. The quantitative estimate of drug-likeness (QED) is 0.524. The molecule has 0 fully saturated rings. The van der Waals surface area contributed by atoms with E-state index in [-0.39, 0.29) is 28.7 Å². The van der Waals surface area contributed by atoms with E-state index < -0.39 is 15.8 Å². The average Bonchev–Trinajstić information content (AvgIpc) is 2.73.